The van der Waals surface area contributed by atoms with Crippen LogP contribution < -0.4 is 10.7 Å². The zero-order valence-corrected chi connectivity index (χ0v) is 15.2. The molecule has 0 saturated carbocycles. The summed E-state index contributed by atoms with van der Waals surface area (Å²) in [6, 6.07) is 7.82. The van der Waals surface area contributed by atoms with Gasteiger partial charge in [0, 0.05) is 23.8 Å². The lowest BCUT2D eigenvalue weighted by Crippen LogP contribution is -2.22. The third-order valence-electron chi connectivity index (χ3n) is 3.94. The van der Waals surface area contributed by atoms with E-state index >= 15 is 0 Å². The first-order valence-corrected chi connectivity index (χ1v) is 8.49. The highest BCUT2D eigenvalue weighted by atomic mass is 16.2. The highest BCUT2D eigenvalue weighted by Gasteiger charge is 2.08. The zero-order chi connectivity index (χ0) is 18.9. The van der Waals surface area contributed by atoms with Crippen molar-refractivity contribution in [3.63, 3.8) is 0 Å². The predicted molar refractivity (Wildman–Crippen MR) is 101 cm³/mol. The lowest BCUT2D eigenvalue weighted by atomic mass is 9.99. The molecule has 1 heterocycles. The van der Waals surface area contributed by atoms with Gasteiger partial charge in [0.1, 0.15) is 5.69 Å². The Labute approximate surface area is 153 Å². The molecule has 7 heteroatoms. The minimum atomic E-state index is -0.474. The quantitative estimate of drug-likeness (QED) is 0.590. The van der Waals surface area contributed by atoms with E-state index in [1.165, 1.54) is 24.2 Å². The van der Waals surface area contributed by atoms with Gasteiger partial charge in [-0.25, -0.2) is 10.4 Å². The first-order chi connectivity index (χ1) is 12.5. The smallest absolute Gasteiger partial charge is 0.291 e. The molecule has 0 unspecified atom stereocenters. The number of anilines is 1. The van der Waals surface area contributed by atoms with Crippen LogP contribution in [0.3, 0.4) is 0 Å². The van der Waals surface area contributed by atoms with Crippen LogP contribution in [0.5, 0.6) is 0 Å². The van der Waals surface area contributed by atoms with Crippen molar-refractivity contribution in [3.8, 4) is 0 Å². The average molecular weight is 353 g/mol. The van der Waals surface area contributed by atoms with E-state index in [4.69, 9.17) is 0 Å². The second-order valence-electron chi connectivity index (χ2n) is 6.03. The molecule has 136 valence electrons. The Kier molecular flexibility index (Phi) is 6.96. The fourth-order valence-corrected chi connectivity index (χ4v) is 2.23. The van der Waals surface area contributed by atoms with Crippen LogP contribution >= 0.6 is 0 Å². The van der Waals surface area contributed by atoms with E-state index in [1.807, 2.05) is 24.3 Å². The molecular weight excluding hydrogens is 330 g/mol. The summed E-state index contributed by atoms with van der Waals surface area (Å²) >= 11 is 0. The highest BCUT2D eigenvalue weighted by Crippen LogP contribution is 2.20. The summed E-state index contributed by atoms with van der Waals surface area (Å²) in [6.07, 6.45) is 5.39. The molecule has 2 aromatic rings. The molecule has 0 bridgehead atoms. The summed E-state index contributed by atoms with van der Waals surface area (Å²) in [5, 5.41) is 6.74. The van der Waals surface area contributed by atoms with Gasteiger partial charge in [-0.3, -0.25) is 14.6 Å². The van der Waals surface area contributed by atoms with Crippen molar-refractivity contribution >= 4 is 23.2 Å². The van der Waals surface area contributed by atoms with Crippen LogP contribution in [-0.2, 0) is 4.79 Å². The van der Waals surface area contributed by atoms with Crippen LogP contribution in [0.15, 0.2) is 48.0 Å². The monoisotopic (exact) mass is 353 g/mol. The molecule has 0 aliphatic rings. The standard InChI is InChI=1S/C19H23N5O2/c1-4-13(2)15-5-7-16(8-6-15)22-18(25)11-14(3)23-24-19(26)17-12-20-9-10-21-17/h5-10,12-13H,4,11H2,1-3H3,(H,22,25)(H,24,26)/b23-14-/t13-/m1/s1. The third kappa shape index (κ3) is 5.77. The molecule has 0 saturated heterocycles. The molecule has 0 spiro atoms. The van der Waals surface area contributed by atoms with Gasteiger partial charge in [-0.1, -0.05) is 26.0 Å². The lowest BCUT2D eigenvalue weighted by molar-refractivity contribution is -0.115. The van der Waals surface area contributed by atoms with E-state index in [-0.39, 0.29) is 18.0 Å². The van der Waals surface area contributed by atoms with Gasteiger partial charge in [-0.2, -0.15) is 5.10 Å². The van der Waals surface area contributed by atoms with Gasteiger partial charge in [0.15, 0.2) is 0 Å². The van der Waals surface area contributed by atoms with E-state index in [2.05, 4.69) is 39.7 Å². The van der Waals surface area contributed by atoms with E-state index in [1.54, 1.807) is 6.92 Å². The molecule has 0 radical (unpaired) electrons. The summed E-state index contributed by atoms with van der Waals surface area (Å²) in [6.45, 7) is 5.98. The summed E-state index contributed by atoms with van der Waals surface area (Å²) in [4.78, 5) is 31.6. The Morgan fingerprint density at radius 2 is 1.92 bits per heavy atom. The topological polar surface area (TPSA) is 96.3 Å². The molecule has 2 N–H and O–H groups in total. The molecule has 7 nitrogen and oxygen atoms in total. The minimum Gasteiger partial charge on any atom is -0.326 e. The number of benzene rings is 1. The number of hydrazone groups is 1. The molecule has 26 heavy (non-hydrogen) atoms. The van der Waals surface area contributed by atoms with Crippen molar-refractivity contribution in [2.24, 2.45) is 5.10 Å². The number of rotatable bonds is 7. The van der Waals surface area contributed by atoms with Gasteiger partial charge in [-0.15, -0.1) is 0 Å². The molecule has 1 aromatic carbocycles. The van der Waals surface area contributed by atoms with Crippen LogP contribution in [0, 0.1) is 0 Å². The van der Waals surface area contributed by atoms with Gasteiger partial charge in [0.05, 0.1) is 12.6 Å². The number of carbonyl (C=O) groups excluding carboxylic acids is 2. The highest BCUT2D eigenvalue weighted by molar-refractivity contribution is 6.06. The molecule has 1 aromatic heterocycles. The largest absolute Gasteiger partial charge is 0.326 e. The lowest BCUT2D eigenvalue weighted by Gasteiger charge is -2.10. The van der Waals surface area contributed by atoms with Crippen molar-refractivity contribution in [2.75, 3.05) is 5.32 Å². The van der Waals surface area contributed by atoms with E-state index in [0.29, 0.717) is 11.6 Å². The Morgan fingerprint density at radius 1 is 1.19 bits per heavy atom. The maximum Gasteiger partial charge on any atom is 0.291 e. The van der Waals surface area contributed by atoms with E-state index < -0.39 is 5.91 Å². The van der Waals surface area contributed by atoms with Crippen LogP contribution in [0.4, 0.5) is 5.69 Å². The van der Waals surface area contributed by atoms with Gasteiger partial charge >= 0.3 is 0 Å². The molecule has 2 amide bonds. The molecule has 2 rings (SSSR count). The normalized spacial score (nSPS) is 12.3. The van der Waals surface area contributed by atoms with Crippen LogP contribution in [0.2, 0.25) is 0 Å². The Bertz CT molecular complexity index is 772. The molecule has 0 fully saturated rings. The van der Waals surface area contributed by atoms with Crippen molar-refractivity contribution in [2.45, 2.75) is 39.5 Å². The van der Waals surface area contributed by atoms with Crippen LogP contribution in [-0.4, -0.2) is 27.5 Å². The molecular formula is C19H23N5O2. The van der Waals surface area contributed by atoms with Crippen molar-refractivity contribution < 1.29 is 9.59 Å². The van der Waals surface area contributed by atoms with Gasteiger partial charge < -0.3 is 5.32 Å². The fourth-order valence-electron chi connectivity index (χ4n) is 2.23. The van der Waals surface area contributed by atoms with E-state index in [9.17, 15) is 9.59 Å². The average Bonchev–Trinajstić information content (AvgIpc) is 2.66. The molecule has 0 aliphatic heterocycles. The minimum absolute atomic E-state index is 0.0772. The predicted octanol–water partition coefficient (Wildman–Crippen LogP) is 3.12. The fraction of sp³-hybridized carbons (Fsp3) is 0.316. The Hall–Kier alpha value is -3.09. The maximum absolute atomic E-state index is 12.1. The second-order valence-corrected chi connectivity index (χ2v) is 6.03. The van der Waals surface area contributed by atoms with Crippen molar-refractivity contribution in [1.29, 1.82) is 0 Å². The Morgan fingerprint density at radius 3 is 2.54 bits per heavy atom. The Balaban J connectivity index is 1.85. The second kappa shape index (κ2) is 9.41. The number of hydrogen-bond donors (Lipinski definition) is 2. The van der Waals surface area contributed by atoms with Gasteiger partial charge in [0.2, 0.25) is 5.91 Å². The SMILES string of the molecule is CC[C@@H](C)c1ccc(NC(=O)C/C(C)=N\NC(=O)c2cnccn2)cc1. The van der Waals surface area contributed by atoms with Crippen molar-refractivity contribution in [1.82, 2.24) is 15.4 Å². The number of nitrogens with zero attached hydrogens (tertiary/aromatic N) is 3. The maximum atomic E-state index is 12.1. The number of carbonyl (C=O) groups is 2. The first kappa shape index (κ1) is 19.2. The number of nitrogens with one attached hydrogen (secondary N) is 2. The summed E-state index contributed by atoms with van der Waals surface area (Å²) in [5.74, 6) is -0.179. The number of amides is 2. The summed E-state index contributed by atoms with van der Waals surface area (Å²) < 4.78 is 0. The first-order valence-electron chi connectivity index (χ1n) is 8.49. The van der Waals surface area contributed by atoms with Crippen LogP contribution in [0.25, 0.3) is 0 Å². The number of hydrogen-bond acceptors (Lipinski definition) is 5. The van der Waals surface area contributed by atoms with E-state index in [0.717, 1.165) is 12.1 Å². The molecule has 0 aliphatic carbocycles. The van der Waals surface area contributed by atoms with Gasteiger partial charge in [0.25, 0.3) is 5.91 Å². The third-order valence-corrected chi connectivity index (χ3v) is 3.94. The van der Waals surface area contributed by atoms with Crippen LogP contribution in [0.1, 0.15) is 55.6 Å². The van der Waals surface area contributed by atoms with Gasteiger partial charge in [-0.05, 0) is 37.0 Å². The number of aromatic nitrogens is 2. The summed E-state index contributed by atoms with van der Waals surface area (Å²) in [5.41, 5.74) is 4.99. The molecule has 1 atom stereocenters. The van der Waals surface area contributed by atoms with Crippen molar-refractivity contribution in [3.05, 3.63) is 54.1 Å². The summed E-state index contributed by atoms with van der Waals surface area (Å²) in [7, 11) is 0. The zero-order valence-electron chi connectivity index (χ0n) is 15.2.